The zero-order valence-electron chi connectivity index (χ0n) is 4.87. The van der Waals surface area contributed by atoms with E-state index in [2.05, 4.69) is 4.98 Å². The van der Waals surface area contributed by atoms with Gasteiger partial charge in [-0.1, -0.05) is 11.6 Å². The monoisotopic (exact) mass is 156 g/mol. The predicted octanol–water partition coefficient (Wildman–Crippen LogP) is 0.0985. The molecule has 1 aromatic heterocycles. The van der Waals surface area contributed by atoms with Gasteiger partial charge >= 0.3 is 0 Å². The van der Waals surface area contributed by atoms with E-state index in [1.165, 1.54) is 12.3 Å². The molecular weight excluding hydrogens is 154 g/mol. The Balaban J connectivity index is 3.15. The third-order valence-corrected chi connectivity index (χ3v) is 1.32. The third-order valence-electron chi connectivity index (χ3n) is 0.988. The molecule has 0 atom stereocenters. The summed E-state index contributed by atoms with van der Waals surface area (Å²) in [5.41, 5.74) is -0.0795. The normalized spacial score (nSPS) is 9.30. The van der Waals surface area contributed by atoms with Gasteiger partial charge in [0.2, 0.25) is 0 Å². The lowest BCUT2D eigenvalue weighted by molar-refractivity contribution is -0.255. The standard InChI is InChI=1S/C6H4ClNO2/c7-5-1-2-8-3-4(5)6(9)10/h1-3H,(H,9,10)/p-1. The highest BCUT2D eigenvalue weighted by Gasteiger charge is 1.97. The van der Waals surface area contributed by atoms with Crippen LogP contribution in [-0.4, -0.2) is 11.0 Å². The molecule has 0 aliphatic rings. The number of aromatic carboxylic acids is 1. The molecule has 0 fully saturated rings. The van der Waals surface area contributed by atoms with Crippen LogP contribution >= 0.6 is 11.6 Å². The minimum absolute atomic E-state index is 0.0795. The minimum atomic E-state index is -1.31. The molecule has 0 aromatic carbocycles. The summed E-state index contributed by atoms with van der Waals surface area (Å²) < 4.78 is 0. The van der Waals surface area contributed by atoms with Gasteiger partial charge in [-0.25, -0.2) is 0 Å². The van der Waals surface area contributed by atoms with Crippen LogP contribution in [-0.2, 0) is 0 Å². The van der Waals surface area contributed by atoms with Crippen LogP contribution in [0.5, 0.6) is 0 Å². The Morgan fingerprint density at radius 1 is 1.70 bits per heavy atom. The molecule has 0 saturated carbocycles. The number of hydrogen-bond acceptors (Lipinski definition) is 3. The molecule has 1 rings (SSSR count). The maximum atomic E-state index is 10.2. The van der Waals surface area contributed by atoms with Crippen molar-refractivity contribution in [3.05, 3.63) is 29.0 Å². The zero-order valence-corrected chi connectivity index (χ0v) is 5.63. The smallest absolute Gasteiger partial charge is 0.0745 e. The van der Waals surface area contributed by atoms with Crippen LogP contribution in [0.3, 0.4) is 0 Å². The molecular formula is C6H3ClNO2-. The molecule has 0 amide bonds. The van der Waals surface area contributed by atoms with Crippen molar-refractivity contribution in [3.63, 3.8) is 0 Å². The minimum Gasteiger partial charge on any atom is -0.545 e. The van der Waals surface area contributed by atoms with Crippen molar-refractivity contribution >= 4 is 17.6 Å². The van der Waals surface area contributed by atoms with Crippen LogP contribution < -0.4 is 5.11 Å². The second kappa shape index (κ2) is 2.66. The van der Waals surface area contributed by atoms with Gasteiger partial charge in [0.05, 0.1) is 11.0 Å². The number of carbonyl (C=O) groups is 1. The van der Waals surface area contributed by atoms with Gasteiger partial charge in [-0.2, -0.15) is 0 Å². The van der Waals surface area contributed by atoms with Gasteiger partial charge in [-0.3, -0.25) is 4.98 Å². The summed E-state index contributed by atoms with van der Waals surface area (Å²) in [5.74, 6) is -1.31. The molecule has 1 aromatic rings. The van der Waals surface area contributed by atoms with E-state index in [0.29, 0.717) is 0 Å². The molecule has 0 radical (unpaired) electrons. The van der Waals surface area contributed by atoms with E-state index in [-0.39, 0.29) is 10.6 Å². The number of rotatable bonds is 1. The van der Waals surface area contributed by atoms with E-state index in [4.69, 9.17) is 11.6 Å². The molecule has 10 heavy (non-hydrogen) atoms. The van der Waals surface area contributed by atoms with Gasteiger partial charge in [0.1, 0.15) is 0 Å². The van der Waals surface area contributed by atoms with Crippen molar-refractivity contribution in [3.8, 4) is 0 Å². The van der Waals surface area contributed by atoms with Crippen LogP contribution in [0.15, 0.2) is 18.5 Å². The van der Waals surface area contributed by atoms with Gasteiger partial charge in [0.15, 0.2) is 0 Å². The highest BCUT2D eigenvalue weighted by molar-refractivity contribution is 6.33. The van der Waals surface area contributed by atoms with Crippen LogP contribution in [0.4, 0.5) is 0 Å². The SMILES string of the molecule is O=C([O-])c1cnccc1Cl. The summed E-state index contributed by atoms with van der Waals surface area (Å²) in [4.78, 5) is 13.7. The highest BCUT2D eigenvalue weighted by atomic mass is 35.5. The lowest BCUT2D eigenvalue weighted by atomic mass is 10.3. The Bertz CT molecular complexity index is 262. The van der Waals surface area contributed by atoms with Gasteiger partial charge in [0.25, 0.3) is 0 Å². The van der Waals surface area contributed by atoms with Crippen LogP contribution in [0.1, 0.15) is 10.4 Å². The second-order valence-electron chi connectivity index (χ2n) is 1.64. The summed E-state index contributed by atoms with van der Waals surface area (Å²) in [6.07, 6.45) is 2.56. The number of nitrogens with zero attached hydrogens (tertiary/aromatic N) is 1. The molecule has 0 N–H and O–H groups in total. The first-order valence-corrected chi connectivity index (χ1v) is 2.90. The molecule has 3 nitrogen and oxygen atoms in total. The van der Waals surface area contributed by atoms with Crippen LogP contribution in [0.25, 0.3) is 0 Å². The number of carboxylic acid groups (broad SMARTS) is 1. The molecule has 0 unspecified atom stereocenters. The summed E-state index contributed by atoms with van der Waals surface area (Å²) in [6.45, 7) is 0. The molecule has 4 heteroatoms. The molecule has 0 aliphatic carbocycles. The number of halogens is 1. The average molecular weight is 157 g/mol. The predicted molar refractivity (Wildman–Crippen MR) is 33.6 cm³/mol. The largest absolute Gasteiger partial charge is 0.545 e. The van der Waals surface area contributed by atoms with E-state index < -0.39 is 5.97 Å². The van der Waals surface area contributed by atoms with E-state index in [0.717, 1.165) is 6.20 Å². The molecule has 1 heterocycles. The first-order chi connectivity index (χ1) is 4.72. The number of hydrogen-bond donors (Lipinski definition) is 0. The van der Waals surface area contributed by atoms with Crippen LogP contribution in [0.2, 0.25) is 5.02 Å². The topological polar surface area (TPSA) is 53.0 Å². The summed E-state index contributed by atoms with van der Waals surface area (Å²) in [7, 11) is 0. The maximum Gasteiger partial charge on any atom is 0.0745 e. The van der Waals surface area contributed by atoms with Crippen molar-refractivity contribution in [2.75, 3.05) is 0 Å². The van der Waals surface area contributed by atoms with Gasteiger partial charge in [-0.15, -0.1) is 0 Å². The molecule has 0 bridgehead atoms. The van der Waals surface area contributed by atoms with Crippen molar-refractivity contribution in [2.45, 2.75) is 0 Å². The Morgan fingerprint density at radius 3 is 2.80 bits per heavy atom. The first kappa shape index (κ1) is 7.02. The van der Waals surface area contributed by atoms with E-state index in [1.54, 1.807) is 0 Å². The molecule has 52 valence electrons. The Hall–Kier alpha value is -1.09. The Labute approximate surface area is 62.3 Å². The van der Waals surface area contributed by atoms with Crippen molar-refractivity contribution in [2.24, 2.45) is 0 Å². The first-order valence-electron chi connectivity index (χ1n) is 2.52. The lowest BCUT2D eigenvalue weighted by Crippen LogP contribution is -2.22. The van der Waals surface area contributed by atoms with Gasteiger partial charge in [-0.05, 0) is 6.07 Å². The van der Waals surface area contributed by atoms with Crippen LogP contribution in [0, 0.1) is 0 Å². The van der Waals surface area contributed by atoms with Gasteiger partial charge in [0, 0.05) is 18.0 Å². The third kappa shape index (κ3) is 1.25. The number of pyridine rings is 1. The number of carbonyl (C=O) groups excluding carboxylic acids is 1. The average Bonchev–Trinajstić information content (AvgIpc) is 1.88. The van der Waals surface area contributed by atoms with E-state index in [9.17, 15) is 9.90 Å². The number of aromatic nitrogens is 1. The Morgan fingerprint density at radius 2 is 2.40 bits per heavy atom. The van der Waals surface area contributed by atoms with E-state index >= 15 is 0 Å². The van der Waals surface area contributed by atoms with Crippen molar-refractivity contribution < 1.29 is 9.90 Å². The number of carboxylic acids is 1. The fraction of sp³-hybridized carbons (Fsp3) is 0. The fourth-order valence-corrected chi connectivity index (χ4v) is 0.710. The highest BCUT2D eigenvalue weighted by Crippen LogP contribution is 2.11. The fourth-order valence-electron chi connectivity index (χ4n) is 0.528. The van der Waals surface area contributed by atoms with Crippen molar-refractivity contribution in [1.82, 2.24) is 4.98 Å². The summed E-state index contributed by atoms with van der Waals surface area (Å²) in [6, 6.07) is 1.40. The lowest BCUT2D eigenvalue weighted by Gasteiger charge is -2.01. The Kier molecular flexibility index (Phi) is 1.87. The second-order valence-corrected chi connectivity index (χ2v) is 2.05. The zero-order chi connectivity index (χ0) is 7.56. The summed E-state index contributed by atoms with van der Waals surface area (Å²) in [5, 5.41) is 10.3. The molecule has 0 spiro atoms. The molecule has 0 aliphatic heterocycles. The maximum absolute atomic E-state index is 10.2. The van der Waals surface area contributed by atoms with Gasteiger partial charge < -0.3 is 9.90 Å². The van der Waals surface area contributed by atoms with E-state index in [1.807, 2.05) is 0 Å². The van der Waals surface area contributed by atoms with Crippen molar-refractivity contribution in [1.29, 1.82) is 0 Å². The quantitative estimate of drug-likeness (QED) is 0.580. The molecule has 0 saturated heterocycles. The summed E-state index contributed by atoms with van der Waals surface area (Å²) >= 11 is 5.46.